The third-order valence-corrected chi connectivity index (χ3v) is 5.50. The molecule has 1 aromatic carbocycles. The number of ether oxygens (including phenoxy) is 1. The minimum atomic E-state index is -0.0865. The van der Waals surface area contributed by atoms with Crippen LogP contribution in [0.5, 0.6) is 5.75 Å². The molecule has 1 heterocycles. The molecule has 0 unspecified atom stereocenters. The van der Waals surface area contributed by atoms with Gasteiger partial charge in [0, 0.05) is 11.4 Å². The molecule has 24 heavy (non-hydrogen) atoms. The molecule has 2 rings (SSSR count). The van der Waals surface area contributed by atoms with Gasteiger partial charge < -0.3 is 15.0 Å². The summed E-state index contributed by atoms with van der Waals surface area (Å²) in [5, 5.41) is 2.98. The average Bonchev–Trinajstić information content (AvgIpc) is 2.88. The van der Waals surface area contributed by atoms with Crippen LogP contribution in [0.25, 0.3) is 0 Å². The Kier molecular flexibility index (Phi) is 8.47. The van der Waals surface area contributed by atoms with Crippen LogP contribution >= 0.6 is 11.8 Å². The fourth-order valence-electron chi connectivity index (χ4n) is 2.93. The fourth-order valence-corrected chi connectivity index (χ4v) is 3.82. The quantitative estimate of drug-likeness (QED) is 0.575. The van der Waals surface area contributed by atoms with Crippen molar-refractivity contribution >= 4 is 17.7 Å². The van der Waals surface area contributed by atoms with Crippen molar-refractivity contribution in [2.24, 2.45) is 0 Å². The highest BCUT2D eigenvalue weighted by Gasteiger charge is 2.14. The first-order valence-electron chi connectivity index (χ1n) is 9.00. The molecule has 1 atom stereocenters. The second-order valence-corrected chi connectivity index (χ2v) is 7.75. The zero-order valence-corrected chi connectivity index (χ0v) is 15.7. The first-order chi connectivity index (χ1) is 11.7. The summed E-state index contributed by atoms with van der Waals surface area (Å²) in [6, 6.07) is 7.83. The van der Waals surface area contributed by atoms with E-state index in [9.17, 15) is 4.79 Å². The molecule has 1 fully saturated rings. The largest absolute Gasteiger partial charge is 0.497 e. The van der Waals surface area contributed by atoms with E-state index in [4.69, 9.17) is 4.74 Å². The smallest absolute Gasteiger partial charge is 0.233 e. The van der Waals surface area contributed by atoms with E-state index in [0.29, 0.717) is 0 Å². The second-order valence-electron chi connectivity index (χ2n) is 6.34. The molecular weight excluding hydrogens is 320 g/mol. The number of hydrogen-bond donors (Lipinski definition) is 1. The van der Waals surface area contributed by atoms with Crippen molar-refractivity contribution in [1.29, 1.82) is 0 Å². The highest BCUT2D eigenvalue weighted by molar-refractivity contribution is 8.00. The van der Waals surface area contributed by atoms with E-state index in [2.05, 4.69) is 10.2 Å². The van der Waals surface area contributed by atoms with Crippen LogP contribution in [-0.4, -0.2) is 49.3 Å². The Morgan fingerprint density at radius 2 is 1.88 bits per heavy atom. The number of carbonyl (C=O) groups excluding carboxylic acids is 1. The summed E-state index contributed by atoms with van der Waals surface area (Å²) in [7, 11) is 1.66. The van der Waals surface area contributed by atoms with Crippen molar-refractivity contribution < 1.29 is 9.53 Å². The van der Waals surface area contributed by atoms with Gasteiger partial charge >= 0.3 is 0 Å². The van der Waals surface area contributed by atoms with E-state index in [1.807, 2.05) is 31.2 Å². The lowest BCUT2D eigenvalue weighted by molar-refractivity contribution is -0.120. The van der Waals surface area contributed by atoms with Crippen LogP contribution in [0.3, 0.4) is 0 Å². The molecule has 1 aliphatic heterocycles. The van der Waals surface area contributed by atoms with Crippen LogP contribution in [0.1, 0.15) is 39.0 Å². The highest BCUT2D eigenvalue weighted by Crippen LogP contribution is 2.25. The van der Waals surface area contributed by atoms with E-state index >= 15 is 0 Å². The average molecular weight is 351 g/mol. The predicted octanol–water partition coefficient (Wildman–Crippen LogP) is 3.56. The molecule has 1 aliphatic rings. The molecule has 4 nitrogen and oxygen atoms in total. The standard InChI is InChI=1S/C19H30N2O2S/c1-16(24-18-10-8-17(23-2)9-11-18)19(22)20-12-7-15-21-13-5-3-4-6-14-21/h8-11,16H,3-7,12-15H2,1-2H3,(H,20,22)/t16-/m0/s1. The van der Waals surface area contributed by atoms with Crippen LogP contribution in [0.15, 0.2) is 29.2 Å². The van der Waals surface area contributed by atoms with Crippen molar-refractivity contribution in [3.05, 3.63) is 24.3 Å². The van der Waals surface area contributed by atoms with Gasteiger partial charge in [-0.3, -0.25) is 4.79 Å². The van der Waals surface area contributed by atoms with E-state index in [1.165, 1.54) is 38.8 Å². The van der Waals surface area contributed by atoms with Crippen molar-refractivity contribution in [2.45, 2.75) is 49.2 Å². The monoisotopic (exact) mass is 350 g/mol. The zero-order valence-electron chi connectivity index (χ0n) is 14.9. The topological polar surface area (TPSA) is 41.6 Å². The lowest BCUT2D eigenvalue weighted by Crippen LogP contribution is -2.34. The molecule has 0 bridgehead atoms. The molecule has 1 amide bonds. The number of carbonyl (C=O) groups is 1. The number of amides is 1. The van der Waals surface area contributed by atoms with Crippen LogP contribution in [0, 0.1) is 0 Å². The number of methoxy groups -OCH3 is 1. The molecule has 1 aromatic rings. The van der Waals surface area contributed by atoms with Gasteiger partial charge in [-0.05, 0) is 70.1 Å². The van der Waals surface area contributed by atoms with Crippen LogP contribution in [0.2, 0.25) is 0 Å². The molecule has 0 radical (unpaired) electrons. The summed E-state index contributed by atoms with van der Waals surface area (Å²) in [4.78, 5) is 15.8. The summed E-state index contributed by atoms with van der Waals surface area (Å²) in [5.74, 6) is 0.955. The molecule has 1 N–H and O–H groups in total. The van der Waals surface area contributed by atoms with Crippen LogP contribution < -0.4 is 10.1 Å². The minimum Gasteiger partial charge on any atom is -0.497 e. The maximum atomic E-state index is 12.2. The van der Waals surface area contributed by atoms with E-state index in [-0.39, 0.29) is 11.2 Å². The Bertz CT molecular complexity index is 485. The van der Waals surface area contributed by atoms with Crippen molar-refractivity contribution in [3.63, 3.8) is 0 Å². The number of thioether (sulfide) groups is 1. The lowest BCUT2D eigenvalue weighted by atomic mass is 10.2. The molecule has 0 saturated carbocycles. The Hall–Kier alpha value is -1.20. The summed E-state index contributed by atoms with van der Waals surface area (Å²) in [6.07, 6.45) is 6.41. The SMILES string of the molecule is COc1ccc(S[C@@H](C)C(=O)NCCCN2CCCCCC2)cc1. The molecule has 0 aromatic heterocycles. The number of nitrogens with zero attached hydrogens (tertiary/aromatic N) is 1. The normalized spacial score (nSPS) is 17.1. The Morgan fingerprint density at radius 1 is 1.21 bits per heavy atom. The number of likely N-dealkylation sites (tertiary alicyclic amines) is 1. The molecule has 134 valence electrons. The third-order valence-electron chi connectivity index (χ3n) is 4.39. The van der Waals surface area contributed by atoms with E-state index in [0.717, 1.165) is 30.2 Å². The summed E-state index contributed by atoms with van der Waals surface area (Å²) in [6.45, 7) is 6.26. The van der Waals surface area contributed by atoms with Gasteiger partial charge in [-0.2, -0.15) is 0 Å². The van der Waals surface area contributed by atoms with E-state index in [1.54, 1.807) is 18.9 Å². The van der Waals surface area contributed by atoms with Crippen LogP contribution in [-0.2, 0) is 4.79 Å². The van der Waals surface area contributed by atoms with Crippen LogP contribution in [0.4, 0.5) is 0 Å². The van der Waals surface area contributed by atoms with Gasteiger partial charge in [-0.1, -0.05) is 12.8 Å². The summed E-state index contributed by atoms with van der Waals surface area (Å²) < 4.78 is 5.15. The van der Waals surface area contributed by atoms with Gasteiger partial charge in [0.1, 0.15) is 5.75 Å². The Labute approximate surface area is 150 Å². The number of benzene rings is 1. The van der Waals surface area contributed by atoms with Crippen molar-refractivity contribution in [3.8, 4) is 5.75 Å². The fraction of sp³-hybridized carbons (Fsp3) is 0.632. The highest BCUT2D eigenvalue weighted by atomic mass is 32.2. The molecule has 0 spiro atoms. The van der Waals surface area contributed by atoms with E-state index < -0.39 is 0 Å². The Morgan fingerprint density at radius 3 is 2.50 bits per heavy atom. The van der Waals surface area contributed by atoms with Crippen molar-refractivity contribution in [1.82, 2.24) is 10.2 Å². The van der Waals surface area contributed by atoms with Gasteiger partial charge in [-0.15, -0.1) is 11.8 Å². The first kappa shape index (κ1) is 19.1. The van der Waals surface area contributed by atoms with Gasteiger partial charge in [0.05, 0.1) is 12.4 Å². The van der Waals surface area contributed by atoms with Gasteiger partial charge in [0.15, 0.2) is 0 Å². The minimum absolute atomic E-state index is 0.0865. The van der Waals surface area contributed by atoms with Gasteiger partial charge in [0.2, 0.25) is 5.91 Å². The molecule has 0 aliphatic carbocycles. The predicted molar refractivity (Wildman–Crippen MR) is 101 cm³/mol. The lowest BCUT2D eigenvalue weighted by Gasteiger charge is -2.20. The molecule has 1 saturated heterocycles. The van der Waals surface area contributed by atoms with Gasteiger partial charge in [-0.25, -0.2) is 0 Å². The molecular formula is C19H30N2O2S. The molecule has 5 heteroatoms. The van der Waals surface area contributed by atoms with Crippen molar-refractivity contribution in [2.75, 3.05) is 33.3 Å². The zero-order chi connectivity index (χ0) is 17.2. The number of rotatable bonds is 8. The van der Waals surface area contributed by atoms with Gasteiger partial charge in [0.25, 0.3) is 0 Å². The first-order valence-corrected chi connectivity index (χ1v) is 9.88. The second kappa shape index (κ2) is 10.6. The third kappa shape index (κ3) is 6.73. The maximum Gasteiger partial charge on any atom is 0.233 e. The summed E-state index contributed by atoms with van der Waals surface area (Å²) >= 11 is 1.58. The summed E-state index contributed by atoms with van der Waals surface area (Å²) in [5.41, 5.74) is 0. The number of nitrogens with one attached hydrogen (secondary N) is 1. The maximum absolute atomic E-state index is 12.2. The Balaban J connectivity index is 1.63. The number of hydrogen-bond acceptors (Lipinski definition) is 4.